The summed E-state index contributed by atoms with van der Waals surface area (Å²) in [6.07, 6.45) is 18.2. The lowest BCUT2D eigenvalue weighted by molar-refractivity contribution is 0.183. The molecule has 0 radical (unpaired) electrons. The van der Waals surface area contributed by atoms with Crippen molar-refractivity contribution in [3.63, 3.8) is 0 Å². The first-order valence-corrected chi connectivity index (χ1v) is 8.55. The van der Waals surface area contributed by atoms with Gasteiger partial charge in [0.1, 0.15) is 0 Å². The molecule has 0 aromatic carbocycles. The van der Waals surface area contributed by atoms with Crippen molar-refractivity contribution in [2.24, 2.45) is 5.41 Å². The van der Waals surface area contributed by atoms with E-state index in [0.717, 1.165) is 12.8 Å². The Labute approximate surface area is 119 Å². The third-order valence-corrected chi connectivity index (χ3v) is 4.89. The summed E-state index contributed by atoms with van der Waals surface area (Å²) in [5, 5.41) is 17.8. The predicted octanol–water partition coefficient (Wildman–Crippen LogP) is 4.43. The molecule has 114 valence electrons. The van der Waals surface area contributed by atoms with E-state index in [4.69, 9.17) is 10.2 Å². The first kappa shape index (κ1) is 17.0. The highest BCUT2D eigenvalue weighted by atomic mass is 16.3. The smallest absolute Gasteiger partial charge is 0.0431 e. The largest absolute Gasteiger partial charge is 0.396 e. The molecule has 1 rings (SSSR count). The Bertz CT molecular complexity index is 181. The molecule has 0 aromatic heterocycles. The Kier molecular flexibility index (Phi) is 9.54. The van der Waals surface area contributed by atoms with Crippen LogP contribution in [0, 0.1) is 5.41 Å². The molecule has 2 nitrogen and oxygen atoms in total. The van der Waals surface area contributed by atoms with E-state index in [1.54, 1.807) is 0 Å². The minimum Gasteiger partial charge on any atom is -0.396 e. The Hall–Kier alpha value is -0.0800. The summed E-state index contributed by atoms with van der Waals surface area (Å²) in [6.45, 7) is 0.701. The lowest BCUT2D eigenvalue weighted by Crippen LogP contribution is -2.20. The molecule has 1 saturated carbocycles. The SMILES string of the molecule is OCCCCCC1(CCCCCO)CCCCCC1. The van der Waals surface area contributed by atoms with Crippen LogP contribution in [0.15, 0.2) is 0 Å². The quantitative estimate of drug-likeness (QED) is 0.455. The number of aliphatic hydroxyl groups is 2. The van der Waals surface area contributed by atoms with Crippen LogP contribution in [-0.2, 0) is 0 Å². The maximum absolute atomic E-state index is 8.89. The van der Waals surface area contributed by atoms with Crippen LogP contribution in [0.2, 0.25) is 0 Å². The van der Waals surface area contributed by atoms with Crippen molar-refractivity contribution in [2.75, 3.05) is 13.2 Å². The summed E-state index contributed by atoms with van der Waals surface area (Å²) in [7, 11) is 0. The lowest BCUT2D eigenvalue weighted by Gasteiger charge is -2.33. The highest BCUT2D eigenvalue weighted by Crippen LogP contribution is 2.43. The first-order chi connectivity index (χ1) is 9.33. The zero-order valence-corrected chi connectivity index (χ0v) is 12.7. The van der Waals surface area contributed by atoms with Gasteiger partial charge in [-0.25, -0.2) is 0 Å². The standard InChI is InChI=1S/C17H34O2/c18-15-9-3-7-13-17(14-8-4-10-16-19)11-5-1-2-6-12-17/h18-19H,1-16H2. The molecule has 0 aromatic rings. The van der Waals surface area contributed by atoms with E-state index >= 15 is 0 Å². The number of aliphatic hydroxyl groups excluding tert-OH is 2. The van der Waals surface area contributed by atoms with E-state index in [1.165, 1.54) is 77.0 Å². The minimum atomic E-state index is 0.351. The molecule has 1 aliphatic rings. The molecule has 0 saturated heterocycles. The highest BCUT2D eigenvalue weighted by Gasteiger charge is 2.29. The molecule has 0 atom stereocenters. The molecule has 19 heavy (non-hydrogen) atoms. The summed E-state index contributed by atoms with van der Waals surface area (Å²) < 4.78 is 0. The first-order valence-electron chi connectivity index (χ1n) is 8.55. The van der Waals surface area contributed by atoms with Crippen LogP contribution in [-0.4, -0.2) is 23.4 Å². The fourth-order valence-electron chi connectivity index (χ4n) is 3.68. The normalized spacial score (nSPS) is 19.3. The van der Waals surface area contributed by atoms with Crippen LogP contribution < -0.4 is 0 Å². The van der Waals surface area contributed by atoms with Gasteiger partial charge < -0.3 is 10.2 Å². The van der Waals surface area contributed by atoms with Crippen molar-refractivity contribution in [1.82, 2.24) is 0 Å². The predicted molar refractivity (Wildman–Crippen MR) is 81.2 cm³/mol. The second-order valence-electron chi connectivity index (χ2n) is 6.48. The average molecular weight is 270 g/mol. The zero-order chi connectivity index (χ0) is 13.8. The number of hydrogen-bond donors (Lipinski definition) is 2. The van der Waals surface area contributed by atoms with Crippen molar-refractivity contribution >= 4 is 0 Å². The van der Waals surface area contributed by atoms with E-state index in [2.05, 4.69) is 0 Å². The van der Waals surface area contributed by atoms with Crippen LogP contribution in [0.1, 0.15) is 89.9 Å². The van der Waals surface area contributed by atoms with Crippen LogP contribution in [0.3, 0.4) is 0 Å². The second kappa shape index (κ2) is 10.7. The van der Waals surface area contributed by atoms with E-state index in [1.807, 2.05) is 0 Å². The maximum Gasteiger partial charge on any atom is 0.0431 e. The van der Waals surface area contributed by atoms with Crippen LogP contribution in [0.5, 0.6) is 0 Å². The van der Waals surface area contributed by atoms with E-state index in [0.29, 0.717) is 18.6 Å². The van der Waals surface area contributed by atoms with Gasteiger partial charge in [0, 0.05) is 13.2 Å². The molecule has 0 heterocycles. The van der Waals surface area contributed by atoms with Crippen molar-refractivity contribution < 1.29 is 10.2 Å². The third kappa shape index (κ3) is 7.31. The van der Waals surface area contributed by atoms with Crippen molar-refractivity contribution in [2.45, 2.75) is 89.9 Å². The van der Waals surface area contributed by atoms with Gasteiger partial charge in [0.15, 0.2) is 0 Å². The van der Waals surface area contributed by atoms with Gasteiger partial charge in [-0.2, -0.15) is 0 Å². The average Bonchev–Trinajstić information content (AvgIpc) is 2.66. The molecule has 2 heteroatoms. The molecule has 0 unspecified atom stereocenters. The monoisotopic (exact) mass is 270 g/mol. The summed E-state index contributed by atoms with van der Waals surface area (Å²) in [4.78, 5) is 0. The number of rotatable bonds is 10. The maximum atomic E-state index is 8.89. The van der Waals surface area contributed by atoms with Gasteiger partial charge in [-0.3, -0.25) is 0 Å². The molecule has 0 bridgehead atoms. The third-order valence-electron chi connectivity index (χ3n) is 4.89. The Morgan fingerprint density at radius 3 is 1.47 bits per heavy atom. The van der Waals surface area contributed by atoms with Crippen LogP contribution >= 0.6 is 0 Å². The fourth-order valence-corrected chi connectivity index (χ4v) is 3.68. The topological polar surface area (TPSA) is 40.5 Å². The van der Waals surface area contributed by atoms with Crippen LogP contribution in [0.4, 0.5) is 0 Å². The van der Waals surface area contributed by atoms with Crippen molar-refractivity contribution in [3.8, 4) is 0 Å². The minimum absolute atomic E-state index is 0.351. The molecule has 0 amide bonds. The van der Waals surface area contributed by atoms with Gasteiger partial charge in [-0.1, -0.05) is 51.4 Å². The molecule has 1 aliphatic carbocycles. The van der Waals surface area contributed by atoms with Gasteiger partial charge >= 0.3 is 0 Å². The zero-order valence-electron chi connectivity index (χ0n) is 12.7. The lowest BCUT2D eigenvalue weighted by atomic mass is 9.72. The van der Waals surface area contributed by atoms with Gasteiger partial charge in [-0.05, 0) is 43.9 Å². The molecular weight excluding hydrogens is 236 g/mol. The van der Waals surface area contributed by atoms with Crippen LogP contribution in [0.25, 0.3) is 0 Å². The van der Waals surface area contributed by atoms with Crippen molar-refractivity contribution in [3.05, 3.63) is 0 Å². The summed E-state index contributed by atoms with van der Waals surface area (Å²) >= 11 is 0. The van der Waals surface area contributed by atoms with E-state index in [-0.39, 0.29) is 0 Å². The number of unbranched alkanes of at least 4 members (excludes halogenated alkanes) is 4. The Balaban J connectivity index is 2.36. The molecule has 2 N–H and O–H groups in total. The Morgan fingerprint density at radius 1 is 0.579 bits per heavy atom. The van der Waals surface area contributed by atoms with Gasteiger partial charge in [-0.15, -0.1) is 0 Å². The van der Waals surface area contributed by atoms with Crippen molar-refractivity contribution in [1.29, 1.82) is 0 Å². The summed E-state index contributed by atoms with van der Waals surface area (Å²) in [6, 6.07) is 0. The van der Waals surface area contributed by atoms with Gasteiger partial charge in [0.05, 0.1) is 0 Å². The second-order valence-corrected chi connectivity index (χ2v) is 6.48. The summed E-state index contributed by atoms with van der Waals surface area (Å²) in [5.74, 6) is 0. The molecule has 0 aliphatic heterocycles. The van der Waals surface area contributed by atoms with E-state index < -0.39 is 0 Å². The molecular formula is C17H34O2. The molecule has 1 fully saturated rings. The summed E-state index contributed by atoms with van der Waals surface area (Å²) in [5.41, 5.74) is 0.599. The van der Waals surface area contributed by atoms with Gasteiger partial charge in [0.25, 0.3) is 0 Å². The Morgan fingerprint density at radius 2 is 1.05 bits per heavy atom. The highest BCUT2D eigenvalue weighted by molar-refractivity contribution is 4.81. The fraction of sp³-hybridized carbons (Fsp3) is 1.00. The molecule has 0 spiro atoms. The number of hydrogen-bond acceptors (Lipinski definition) is 2. The van der Waals surface area contributed by atoms with Gasteiger partial charge in [0.2, 0.25) is 0 Å². The van der Waals surface area contributed by atoms with E-state index in [9.17, 15) is 0 Å².